The number of hydrogen-bond acceptors (Lipinski definition) is 5. The quantitative estimate of drug-likeness (QED) is 0.785. The maximum Gasteiger partial charge on any atom is 0.341 e. The first kappa shape index (κ1) is 17.5. The van der Waals surface area contributed by atoms with Crippen LogP contribution in [-0.4, -0.2) is 25.6 Å². The smallest absolute Gasteiger partial charge is 0.341 e. The third-order valence-electron chi connectivity index (χ3n) is 4.35. The number of rotatable bonds is 6. The summed E-state index contributed by atoms with van der Waals surface area (Å²) in [6.07, 6.45) is 0.900. The summed E-state index contributed by atoms with van der Waals surface area (Å²) < 4.78 is 10.4. The van der Waals surface area contributed by atoms with Gasteiger partial charge < -0.3 is 14.8 Å². The van der Waals surface area contributed by atoms with Crippen LogP contribution in [0.1, 0.15) is 30.6 Å². The van der Waals surface area contributed by atoms with Crippen LogP contribution in [0.25, 0.3) is 11.1 Å². The van der Waals surface area contributed by atoms with Gasteiger partial charge in [0.1, 0.15) is 16.3 Å². The Hall–Kier alpha value is -2.34. The van der Waals surface area contributed by atoms with Crippen molar-refractivity contribution in [1.29, 1.82) is 0 Å². The Kier molecular flexibility index (Phi) is 5.08. The van der Waals surface area contributed by atoms with E-state index in [1.165, 1.54) is 11.3 Å². The van der Waals surface area contributed by atoms with Crippen LogP contribution < -0.4 is 10.1 Å². The van der Waals surface area contributed by atoms with E-state index < -0.39 is 5.97 Å². The summed E-state index contributed by atoms with van der Waals surface area (Å²) in [6.45, 7) is 4.10. The Bertz CT molecular complexity index is 781. The van der Waals surface area contributed by atoms with Crippen molar-refractivity contribution in [1.82, 2.24) is 0 Å². The topological polar surface area (TPSA) is 64.6 Å². The summed E-state index contributed by atoms with van der Waals surface area (Å²) >= 11 is 1.35. The maximum atomic E-state index is 12.5. The molecule has 0 bridgehead atoms. The van der Waals surface area contributed by atoms with E-state index >= 15 is 0 Å². The summed E-state index contributed by atoms with van der Waals surface area (Å²) in [5.74, 6) is 0.747. The van der Waals surface area contributed by atoms with Gasteiger partial charge in [-0.3, -0.25) is 4.79 Å². The zero-order valence-corrected chi connectivity index (χ0v) is 15.3. The van der Waals surface area contributed by atoms with Crippen molar-refractivity contribution in [2.24, 2.45) is 11.8 Å². The molecular weight excluding hydrogens is 338 g/mol. The molecule has 3 rings (SSSR count). The monoisotopic (exact) mass is 359 g/mol. The SMILES string of the molecule is CCOC(=O)c1c(-c2ccc(OC)cc2)csc1NC(=O)C1CC1C. The van der Waals surface area contributed by atoms with Crippen molar-refractivity contribution in [3.63, 3.8) is 0 Å². The summed E-state index contributed by atoms with van der Waals surface area (Å²) in [4.78, 5) is 24.8. The van der Waals surface area contributed by atoms with Crippen molar-refractivity contribution < 1.29 is 19.1 Å². The second-order valence-electron chi connectivity index (χ2n) is 6.11. The first-order valence-electron chi connectivity index (χ1n) is 8.29. The second-order valence-corrected chi connectivity index (χ2v) is 6.99. The highest BCUT2D eigenvalue weighted by atomic mass is 32.1. The molecule has 1 fully saturated rings. The molecule has 1 heterocycles. The number of methoxy groups -OCH3 is 1. The zero-order valence-electron chi connectivity index (χ0n) is 14.5. The average Bonchev–Trinajstić information content (AvgIpc) is 3.20. The van der Waals surface area contributed by atoms with Crippen LogP contribution in [0.5, 0.6) is 5.75 Å². The van der Waals surface area contributed by atoms with E-state index in [1.54, 1.807) is 14.0 Å². The third kappa shape index (κ3) is 3.69. The molecule has 2 atom stereocenters. The number of ether oxygens (including phenoxy) is 2. The minimum absolute atomic E-state index is 0.0267. The normalized spacial score (nSPS) is 18.5. The lowest BCUT2D eigenvalue weighted by atomic mass is 10.0. The molecule has 0 spiro atoms. The Morgan fingerprint density at radius 3 is 2.52 bits per heavy atom. The van der Waals surface area contributed by atoms with Crippen molar-refractivity contribution in [2.45, 2.75) is 20.3 Å². The van der Waals surface area contributed by atoms with E-state index in [4.69, 9.17) is 9.47 Å². The molecule has 0 saturated heterocycles. The number of amides is 1. The average molecular weight is 359 g/mol. The van der Waals surface area contributed by atoms with Gasteiger partial charge in [-0.15, -0.1) is 11.3 Å². The molecule has 25 heavy (non-hydrogen) atoms. The number of benzene rings is 1. The van der Waals surface area contributed by atoms with Crippen molar-refractivity contribution >= 4 is 28.2 Å². The van der Waals surface area contributed by atoms with Gasteiger partial charge in [0.05, 0.1) is 13.7 Å². The van der Waals surface area contributed by atoms with Crippen molar-refractivity contribution in [3.05, 3.63) is 35.2 Å². The summed E-state index contributed by atoms with van der Waals surface area (Å²) in [5, 5.41) is 5.33. The van der Waals surface area contributed by atoms with E-state index in [1.807, 2.05) is 36.6 Å². The number of thiophene rings is 1. The second kappa shape index (κ2) is 7.27. The predicted octanol–water partition coefficient (Wildman–Crippen LogP) is 4.19. The molecule has 1 aromatic carbocycles. The van der Waals surface area contributed by atoms with Gasteiger partial charge in [0.2, 0.25) is 5.91 Å². The summed E-state index contributed by atoms with van der Waals surface area (Å²) in [7, 11) is 1.61. The van der Waals surface area contributed by atoms with Gasteiger partial charge in [-0.05, 0) is 37.0 Å². The van der Waals surface area contributed by atoms with E-state index in [-0.39, 0.29) is 18.4 Å². The Labute approximate surface area is 151 Å². The van der Waals surface area contributed by atoms with Gasteiger partial charge in [0.15, 0.2) is 0 Å². The predicted molar refractivity (Wildman–Crippen MR) is 98.2 cm³/mol. The van der Waals surface area contributed by atoms with E-state index in [2.05, 4.69) is 5.32 Å². The van der Waals surface area contributed by atoms with E-state index in [0.717, 1.165) is 23.3 Å². The number of anilines is 1. The van der Waals surface area contributed by atoms with Gasteiger partial charge in [-0.25, -0.2) is 4.79 Å². The lowest BCUT2D eigenvalue weighted by Crippen LogP contribution is -2.16. The molecule has 1 aromatic heterocycles. The molecule has 1 saturated carbocycles. The summed E-state index contributed by atoms with van der Waals surface area (Å²) in [6, 6.07) is 7.45. The van der Waals surface area contributed by atoms with Crippen LogP contribution in [0.15, 0.2) is 29.6 Å². The van der Waals surface area contributed by atoms with Crippen LogP contribution in [0.3, 0.4) is 0 Å². The van der Waals surface area contributed by atoms with Crippen LogP contribution in [0.2, 0.25) is 0 Å². The zero-order chi connectivity index (χ0) is 18.0. The third-order valence-corrected chi connectivity index (χ3v) is 5.25. The van der Waals surface area contributed by atoms with Gasteiger partial charge in [0.25, 0.3) is 0 Å². The first-order chi connectivity index (χ1) is 12.0. The van der Waals surface area contributed by atoms with Crippen LogP contribution in [-0.2, 0) is 9.53 Å². The molecule has 132 valence electrons. The van der Waals surface area contributed by atoms with Crippen LogP contribution in [0.4, 0.5) is 5.00 Å². The fourth-order valence-electron chi connectivity index (χ4n) is 2.73. The number of nitrogens with one attached hydrogen (secondary N) is 1. The Morgan fingerprint density at radius 2 is 1.96 bits per heavy atom. The molecular formula is C19H21NO4S. The highest BCUT2D eigenvalue weighted by molar-refractivity contribution is 7.15. The lowest BCUT2D eigenvalue weighted by molar-refractivity contribution is -0.117. The first-order valence-corrected chi connectivity index (χ1v) is 9.17. The highest BCUT2D eigenvalue weighted by Crippen LogP contribution is 2.41. The summed E-state index contributed by atoms with van der Waals surface area (Å²) in [5.41, 5.74) is 2.05. The molecule has 1 aliphatic rings. The molecule has 0 radical (unpaired) electrons. The lowest BCUT2D eigenvalue weighted by Gasteiger charge is -2.09. The van der Waals surface area contributed by atoms with Crippen molar-refractivity contribution in [2.75, 3.05) is 19.0 Å². The largest absolute Gasteiger partial charge is 0.497 e. The molecule has 6 heteroatoms. The van der Waals surface area contributed by atoms with Crippen molar-refractivity contribution in [3.8, 4) is 16.9 Å². The molecule has 5 nitrogen and oxygen atoms in total. The number of carbonyl (C=O) groups is 2. The van der Waals surface area contributed by atoms with Gasteiger partial charge in [-0.2, -0.15) is 0 Å². The standard InChI is InChI=1S/C19H21NO4S/c1-4-24-19(22)16-15(12-5-7-13(23-3)8-6-12)10-25-18(16)20-17(21)14-9-11(14)2/h5-8,10-11,14H,4,9H2,1-3H3,(H,20,21). The van der Waals surface area contributed by atoms with Gasteiger partial charge in [0, 0.05) is 16.9 Å². The Morgan fingerprint density at radius 1 is 1.28 bits per heavy atom. The maximum absolute atomic E-state index is 12.5. The van der Waals surface area contributed by atoms with E-state index in [0.29, 0.717) is 16.5 Å². The molecule has 2 aromatic rings. The fraction of sp³-hybridized carbons (Fsp3) is 0.368. The highest BCUT2D eigenvalue weighted by Gasteiger charge is 2.39. The van der Waals surface area contributed by atoms with Crippen LogP contribution >= 0.6 is 11.3 Å². The molecule has 1 amide bonds. The minimum atomic E-state index is -0.422. The van der Waals surface area contributed by atoms with Gasteiger partial charge in [-0.1, -0.05) is 19.1 Å². The van der Waals surface area contributed by atoms with Gasteiger partial charge >= 0.3 is 5.97 Å². The number of esters is 1. The molecule has 1 aliphatic carbocycles. The molecule has 1 N–H and O–H groups in total. The minimum Gasteiger partial charge on any atom is -0.497 e. The van der Waals surface area contributed by atoms with Crippen LogP contribution in [0, 0.1) is 11.8 Å². The fourth-order valence-corrected chi connectivity index (χ4v) is 3.69. The molecule has 0 aliphatic heterocycles. The molecule has 2 unspecified atom stereocenters. The Balaban J connectivity index is 1.93. The van der Waals surface area contributed by atoms with E-state index in [9.17, 15) is 9.59 Å². The number of hydrogen-bond donors (Lipinski definition) is 1. The number of carbonyl (C=O) groups excluding carboxylic acids is 2.